The Hall–Kier alpha value is -15.7. The van der Waals surface area contributed by atoms with Gasteiger partial charge in [-0.3, -0.25) is 0 Å². The Balaban J connectivity index is 0.000000112. The SMILES string of the molecule is CC1(C)c2ccccc2-c2ccc(-c3nc(-c4ccc5c(c4)C(C)(C)c4ccccc4-5)nc(-c4cccc5ccccc45)n3)cc21.CC1(C)c2ccccc2-c2ccc(-c3nc(-c4cccc5ccccc45)nc(-c4cccc5ccccc45)n3)cc21.c1ccc(-c2ccc(-c3nc(-c4ccc5ccccc5c4)nc(-c4ccc5ccccc5c4)n3)cc2)cc1. The lowest BCUT2D eigenvalue weighted by molar-refractivity contribution is 0.660. The molecule has 0 fully saturated rings. The Morgan fingerprint density at radius 2 is 0.360 bits per heavy atom. The van der Waals surface area contributed by atoms with Crippen LogP contribution in [0, 0.1) is 0 Å². The molecule has 21 aromatic rings. The van der Waals surface area contributed by atoms with Crippen LogP contribution >= 0.6 is 0 Å². The fraction of sp³-hybridized carbons (Fsp3) is 0.0776. The maximum atomic E-state index is 5.20. The molecule has 125 heavy (non-hydrogen) atoms. The van der Waals surface area contributed by atoms with Gasteiger partial charge in [0, 0.05) is 66.3 Å². The van der Waals surface area contributed by atoms with Crippen LogP contribution in [0.25, 0.3) is 201 Å². The fourth-order valence-electron chi connectivity index (χ4n) is 19.2. The van der Waals surface area contributed by atoms with Crippen LogP contribution < -0.4 is 0 Å². The first-order valence-corrected chi connectivity index (χ1v) is 42.8. The number of rotatable bonds is 10. The number of hydrogen-bond donors (Lipinski definition) is 0. The summed E-state index contributed by atoms with van der Waals surface area (Å²) >= 11 is 0. The summed E-state index contributed by atoms with van der Waals surface area (Å²) in [6.45, 7) is 13.9. The average Bonchev–Trinajstić information content (AvgIpc) is 1.59. The van der Waals surface area contributed by atoms with Gasteiger partial charge in [0.25, 0.3) is 0 Å². The summed E-state index contributed by atoms with van der Waals surface area (Å²) in [5.74, 6) is 6.08. The zero-order valence-electron chi connectivity index (χ0n) is 70.1. The van der Waals surface area contributed by atoms with Crippen molar-refractivity contribution in [3.63, 3.8) is 0 Å². The van der Waals surface area contributed by atoms with Gasteiger partial charge in [-0.05, 0) is 162 Å². The number of fused-ring (bicyclic) bond motifs is 14. The van der Waals surface area contributed by atoms with Crippen LogP contribution in [0.5, 0.6) is 0 Å². The molecule has 9 heteroatoms. The van der Waals surface area contributed by atoms with Crippen molar-refractivity contribution in [2.75, 3.05) is 0 Å². The minimum atomic E-state index is -0.114. The van der Waals surface area contributed by atoms with Crippen LogP contribution in [0.3, 0.4) is 0 Å². The van der Waals surface area contributed by atoms with Gasteiger partial charge in [-0.1, -0.05) is 406 Å². The van der Waals surface area contributed by atoms with Gasteiger partial charge in [-0.25, -0.2) is 44.9 Å². The first kappa shape index (κ1) is 75.5. The molecule has 24 rings (SSSR count). The quantitative estimate of drug-likeness (QED) is 0.132. The highest BCUT2D eigenvalue weighted by molar-refractivity contribution is 6.00. The summed E-state index contributed by atoms with van der Waals surface area (Å²) in [6.07, 6.45) is 0. The first-order valence-electron chi connectivity index (χ1n) is 42.8. The van der Waals surface area contributed by atoms with Crippen LogP contribution in [0.4, 0.5) is 0 Å². The Morgan fingerprint density at radius 1 is 0.136 bits per heavy atom. The molecule has 0 unspecified atom stereocenters. The lowest BCUT2D eigenvalue weighted by Crippen LogP contribution is -2.15. The second-order valence-corrected chi connectivity index (χ2v) is 34.4. The number of benzene rings is 18. The fourth-order valence-corrected chi connectivity index (χ4v) is 19.2. The molecule has 0 saturated carbocycles. The highest BCUT2D eigenvalue weighted by Crippen LogP contribution is 2.53. The molecule has 0 saturated heterocycles. The molecule has 0 amide bonds. The van der Waals surface area contributed by atoms with Crippen LogP contribution in [0.15, 0.2) is 394 Å². The minimum absolute atomic E-state index is 0.105. The van der Waals surface area contributed by atoms with Gasteiger partial charge in [0.15, 0.2) is 52.4 Å². The molecule has 0 aliphatic heterocycles. The summed E-state index contributed by atoms with van der Waals surface area (Å²) < 4.78 is 0. The number of nitrogens with zero attached hydrogens (tertiary/aromatic N) is 9. The van der Waals surface area contributed by atoms with Crippen LogP contribution in [-0.4, -0.2) is 44.9 Å². The van der Waals surface area contributed by atoms with E-state index in [9.17, 15) is 0 Å². The molecule has 0 radical (unpaired) electrons. The third-order valence-corrected chi connectivity index (χ3v) is 25.8. The maximum Gasteiger partial charge on any atom is 0.164 e. The van der Waals surface area contributed by atoms with E-state index in [2.05, 4.69) is 430 Å². The normalized spacial score (nSPS) is 13.2. The van der Waals surface area contributed by atoms with Crippen molar-refractivity contribution < 1.29 is 0 Å². The Kier molecular flexibility index (Phi) is 18.4. The molecule has 0 atom stereocenters. The van der Waals surface area contributed by atoms with Crippen molar-refractivity contribution in [2.24, 2.45) is 0 Å². The molecule has 3 aliphatic rings. The molecule has 592 valence electrons. The van der Waals surface area contributed by atoms with Crippen molar-refractivity contribution in [1.82, 2.24) is 44.9 Å². The van der Waals surface area contributed by atoms with Gasteiger partial charge in [0.1, 0.15) is 0 Å². The van der Waals surface area contributed by atoms with Gasteiger partial charge in [-0.15, -0.1) is 0 Å². The first-order chi connectivity index (χ1) is 61.2. The van der Waals surface area contributed by atoms with E-state index in [0.29, 0.717) is 52.4 Å². The van der Waals surface area contributed by atoms with Crippen molar-refractivity contribution in [3.05, 3.63) is 428 Å². The highest BCUT2D eigenvalue weighted by atomic mass is 15.1. The van der Waals surface area contributed by atoms with E-state index in [1.165, 1.54) is 83.1 Å². The maximum absolute atomic E-state index is 5.20. The predicted molar refractivity (Wildman–Crippen MR) is 514 cm³/mol. The van der Waals surface area contributed by atoms with Crippen molar-refractivity contribution >= 4 is 53.9 Å². The lowest BCUT2D eigenvalue weighted by Gasteiger charge is -2.22. The number of hydrogen-bond acceptors (Lipinski definition) is 9. The summed E-state index contributed by atoms with van der Waals surface area (Å²) in [6, 6.07) is 139. The Labute approximate surface area is 726 Å². The summed E-state index contributed by atoms with van der Waals surface area (Å²) in [7, 11) is 0. The molecule has 18 aromatic carbocycles. The third kappa shape index (κ3) is 13.5. The predicted octanol–water partition coefficient (Wildman–Crippen LogP) is 29.0. The Morgan fingerprint density at radius 3 is 0.720 bits per heavy atom. The molecule has 9 nitrogen and oxygen atoms in total. The second kappa shape index (κ2) is 30.5. The Bertz CT molecular complexity index is 7570. The molecule has 0 spiro atoms. The summed E-state index contributed by atoms with van der Waals surface area (Å²) in [5, 5.41) is 11.6. The second-order valence-electron chi connectivity index (χ2n) is 34.4. The van der Waals surface area contributed by atoms with E-state index in [-0.39, 0.29) is 16.2 Å². The van der Waals surface area contributed by atoms with Crippen LogP contribution in [-0.2, 0) is 16.2 Å². The van der Waals surface area contributed by atoms with Crippen LogP contribution in [0.1, 0.15) is 74.9 Å². The zero-order valence-corrected chi connectivity index (χ0v) is 70.1. The van der Waals surface area contributed by atoms with Gasteiger partial charge in [-0.2, -0.15) is 0 Å². The topological polar surface area (TPSA) is 116 Å². The lowest BCUT2D eigenvalue weighted by atomic mass is 9.82. The molecule has 0 N–H and O–H groups in total. The molecule has 3 aromatic heterocycles. The van der Waals surface area contributed by atoms with Crippen LogP contribution in [0.2, 0.25) is 0 Å². The average molecular weight is 1600 g/mol. The monoisotopic (exact) mass is 1600 g/mol. The van der Waals surface area contributed by atoms with E-state index >= 15 is 0 Å². The van der Waals surface area contributed by atoms with Gasteiger partial charge < -0.3 is 0 Å². The van der Waals surface area contributed by atoms with Gasteiger partial charge >= 0.3 is 0 Å². The standard InChI is InChI=1S/C43H33N3.C38H27N3.C35H23N3/c1-42(2)35-18-9-7-15-30(35)32-22-20-27(24-37(32)42)39-44-40(46-41(45-39)34-17-11-13-26-12-5-6-14-29(26)34)28-21-23-33-31-16-8-10-19-36(31)43(3,4)38(33)25-28;1-38(2)33-20-8-7-17-29(33)30-22-21-26(23-34(30)38)35-39-36(31-18-9-13-24-11-3-5-15-27(24)31)41-37(40-35)32-19-10-14-25-12-4-6-16-28(25)32;1-2-8-24(9-3-1)27-14-18-28(19-15-27)33-36-34(31-20-16-25-10-4-6-12-29(25)22-31)38-35(37-33)32-21-17-26-11-5-7-13-30(26)23-32/h5-25H,1-4H3;3-23H,1-2H3;1-23H. The number of aromatic nitrogens is 9. The van der Waals surface area contributed by atoms with Crippen molar-refractivity contribution in [3.8, 4) is 147 Å². The molecule has 3 heterocycles. The molecule has 0 bridgehead atoms. The molecular formula is C116H83N9. The smallest absolute Gasteiger partial charge is 0.164 e. The largest absolute Gasteiger partial charge is 0.208 e. The third-order valence-electron chi connectivity index (χ3n) is 25.8. The van der Waals surface area contributed by atoms with Crippen molar-refractivity contribution in [2.45, 2.75) is 57.8 Å². The highest BCUT2D eigenvalue weighted by Gasteiger charge is 2.39. The molecule has 3 aliphatic carbocycles. The van der Waals surface area contributed by atoms with E-state index < -0.39 is 0 Å². The minimum Gasteiger partial charge on any atom is -0.208 e. The van der Waals surface area contributed by atoms with E-state index in [1.807, 2.05) is 6.07 Å². The van der Waals surface area contributed by atoms with E-state index in [4.69, 9.17) is 44.9 Å². The summed E-state index contributed by atoms with van der Waals surface area (Å²) in [4.78, 5) is 45.8. The van der Waals surface area contributed by atoms with E-state index in [0.717, 1.165) is 98.7 Å². The van der Waals surface area contributed by atoms with Crippen molar-refractivity contribution in [1.29, 1.82) is 0 Å². The van der Waals surface area contributed by atoms with Gasteiger partial charge in [0.05, 0.1) is 0 Å². The molecular weight excluding hydrogens is 1520 g/mol. The zero-order chi connectivity index (χ0) is 84.1. The van der Waals surface area contributed by atoms with Gasteiger partial charge in [0.2, 0.25) is 0 Å². The summed E-state index contributed by atoms with van der Waals surface area (Å²) in [5.41, 5.74) is 26.7. The van der Waals surface area contributed by atoms with E-state index in [1.54, 1.807) is 0 Å².